The van der Waals surface area contributed by atoms with Gasteiger partial charge in [-0.2, -0.15) is 11.8 Å². The van der Waals surface area contributed by atoms with Crippen molar-refractivity contribution < 1.29 is 9.53 Å². The number of hydrogen-bond acceptors (Lipinski definition) is 4. The molecule has 0 aliphatic carbocycles. The van der Waals surface area contributed by atoms with Gasteiger partial charge in [0.1, 0.15) is 5.75 Å². The zero-order valence-corrected chi connectivity index (χ0v) is 15.9. The maximum absolute atomic E-state index is 12.2. The second-order valence-electron chi connectivity index (χ2n) is 5.62. The molecule has 1 aromatic rings. The predicted octanol–water partition coefficient (Wildman–Crippen LogP) is 3.25. The summed E-state index contributed by atoms with van der Waals surface area (Å²) in [6, 6.07) is 5.71. The Morgan fingerprint density at radius 3 is 2.96 bits per heavy atom. The third-order valence-corrected chi connectivity index (χ3v) is 4.81. The molecule has 0 saturated carbocycles. The lowest BCUT2D eigenvalue weighted by Gasteiger charge is -2.28. The first-order chi connectivity index (χ1) is 11.7. The van der Waals surface area contributed by atoms with Crippen molar-refractivity contribution in [1.82, 2.24) is 5.32 Å². The molecule has 1 aliphatic rings. The molecule has 7 heteroatoms. The SMILES string of the molecule is COc1ccc(NC(=S)NCCCSC)cc1N1CCCCC1=O. The number of amides is 1. The zero-order valence-electron chi connectivity index (χ0n) is 14.3. The number of rotatable bonds is 7. The van der Waals surface area contributed by atoms with E-state index in [0.29, 0.717) is 17.3 Å². The molecular weight excluding hydrogens is 342 g/mol. The van der Waals surface area contributed by atoms with Crippen LogP contribution in [0.5, 0.6) is 5.75 Å². The number of ether oxygens (including phenoxy) is 1. The Kier molecular flexibility index (Phi) is 7.65. The van der Waals surface area contributed by atoms with Gasteiger partial charge in [0.05, 0.1) is 12.8 Å². The quantitative estimate of drug-likeness (QED) is 0.570. The Labute approximate surface area is 153 Å². The maximum Gasteiger partial charge on any atom is 0.227 e. The van der Waals surface area contributed by atoms with E-state index in [2.05, 4.69) is 16.9 Å². The standard InChI is InChI=1S/C17H25N3O2S2/c1-22-15-8-7-13(19-17(23)18-9-5-11-24-2)12-14(15)20-10-4-3-6-16(20)21/h7-8,12H,3-6,9-11H2,1-2H3,(H2,18,19,23). The van der Waals surface area contributed by atoms with Gasteiger partial charge in [0.25, 0.3) is 0 Å². The molecule has 1 aliphatic heterocycles. The molecule has 0 spiro atoms. The van der Waals surface area contributed by atoms with Crippen molar-refractivity contribution in [2.75, 3.05) is 42.4 Å². The van der Waals surface area contributed by atoms with Crippen LogP contribution in [0, 0.1) is 0 Å². The summed E-state index contributed by atoms with van der Waals surface area (Å²) in [6.07, 6.45) is 5.73. The number of piperidine rings is 1. The number of hydrogen-bond donors (Lipinski definition) is 2. The van der Waals surface area contributed by atoms with Crippen LogP contribution in [0.1, 0.15) is 25.7 Å². The van der Waals surface area contributed by atoms with E-state index in [-0.39, 0.29) is 5.91 Å². The van der Waals surface area contributed by atoms with Crippen LogP contribution >= 0.6 is 24.0 Å². The lowest BCUT2D eigenvalue weighted by molar-refractivity contribution is -0.119. The average Bonchev–Trinajstić information content (AvgIpc) is 2.59. The second kappa shape index (κ2) is 9.74. The summed E-state index contributed by atoms with van der Waals surface area (Å²) >= 11 is 7.15. The van der Waals surface area contributed by atoms with Crippen molar-refractivity contribution in [3.63, 3.8) is 0 Å². The summed E-state index contributed by atoms with van der Waals surface area (Å²) in [7, 11) is 1.62. The second-order valence-corrected chi connectivity index (χ2v) is 7.01. The van der Waals surface area contributed by atoms with Gasteiger partial charge in [0.2, 0.25) is 5.91 Å². The Bertz CT molecular complexity index is 581. The molecule has 0 unspecified atom stereocenters. The number of anilines is 2. The van der Waals surface area contributed by atoms with Crippen LogP contribution in [0.25, 0.3) is 0 Å². The molecule has 1 heterocycles. The minimum atomic E-state index is 0.148. The smallest absolute Gasteiger partial charge is 0.227 e. The molecule has 1 fully saturated rings. The molecule has 0 radical (unpaired) electrons. The molecule has 1 aromatic carbocycles. The summed E-state index contributed by atoms with van der Waals surface area (Å²) in [4.78, 5) is 14.0. The van der Waals surface area contributed by atoms with E-state index in [1.165, 1.54) is 0 Å². The average molecular weight is 368 g/mol. The summed E-state index contributed by atoms with van der Waals surface area (Å²) in [6.45, 7) is 1.58. The summed E-state index contributed by atoms with van der Waals surface area (Å²) < 4.78 is 5.43. The van der Waals surface area contributed by atoms with Gasteiger partial charge in [-0.1, -0.05) is 0 Å². The molecule has 1 amide bonds. The lowest BCUT2D eigenvalue weighted by atomic mass is 10.1. The Balaban J connectivity index is 2.05. The highest BCUT2D eigenvalue weighted by Gasteiger charge is 2.22. The van der Waals surface area contributed by atoms with E-state index in [9.17, 15) is 4.79 Å². The number of benzene rings is 1. The lowest BCUT2D eigenvalue weighted by Crippen LogP contribution is -2.35. The number of thiocarbonyl (C=S) groups is 1. The van der Waals surface area contributed by atoms with Crippen LogP contribution in [0.3, 0.4) is 0 Å². The number of thioether (sulfide) groups is 1. The van der Waals surface area contributed by atoms with E-state index in [1.54, 1.807) is 7.11 Å². The topological polar surface area (TPSA) is 53.6 Å². The summed E-state index contributed by atoms with van der Waals surface area (Å²) in [5, 5.41) is 6.98. The molecule has 24 heavy (non-hydrogen) atoms. The minimum Gasteiger partial charge on any atom is -0.495 e. The Hall–Kier alpha value is -1.47. The largest absolute Gasteiger partial charge is 0.495 e. The van der Waals surface area contributed by atoms with Crippen LogP contribution in [0.4, 0.5) is 11.4 Å². The van der Waals surface area contributed by atoms with Crippen molar-refractivity contribution in [1.29, 1.82) is 0 Å². The highest BCUT2D eigenvalue weighted by molar-refractivity contribution is 7.98. The predicted molar refractivity (Wildman–Crippen MR) is 106 cm³/mol. The highest BCUT2D eigenvalue weighted by atomic mass is 32.2. The van der Waals surface area contributed by atoms with Gasteiger partial charge in [0.15, 0.2) is 5.11 Å². The van der Waals surface area contributed by atoms with Gasteiger partial charge in [-0.05, 0) is 61.7 Å². The molecule has 1 saturated heterocycles. The van der Waals surface area contributed by atoms with Crippen molar-refractivity contribution in [3.8, 4) is 5.75 Å². The van der Waals surface area contributed by atoms with Crippen molar-refractivity contribution >= 4 is 46.4 Å². The monoisotopic (exact) mass is 367 g/mol. The number of carbonyl (C=O) groups excluding carboxylic acids is 1. The van der Waals surface area contributed by atoms with Gasteiger partial charge in [-0.25, -0.2) is 0 Å². The first kappa shape index (κ1) is 18.9. The fourth-order valence-corrected chi connectivity index (χ4v) is 3.29. The van der Waals surface area contributed by atoms with Crippen LogP contribution in [-0.4, -0.2) is 43.2 Å². The number of nitrogens with one attached hydrogen (secondary N) is 2. The molecule has 2 N–H and O–H groups in total. The third-order valence-electron chi connectivity index (χ3n) is 3.86. The first-order valence-electron chi connectivity index (χ1n) is 8.18. The van der Waals surface area contributed by atoms with Crippen LogP contribution in [0.15, 0.2) is 18.2 Å². The van der Waals surface area contributed by atoms with Gasteiger partial charge >= 0.3 is 0 Å². The van der Waals surface area contributed by atoms with E-state index in [4.69, 9.17) is 17.0 Å². The molecule has 0 atom stereocenters. The fraction of sp³-hybridized carbons (Fsp3) is 0.529. The summed E-state index contributed by atoms with van der Waals surface area (Å²) in [5.41, 5.74) is 1.66. The van der Waals surface area contributed by atoms with Crippen molar-refractivity contribution in [2.45, 2.75) is 25.7 Å². The molecule has 0 aromatic heterocycles. The van der Waals surface area contributed by atoms with Crippen LogP contribution in [0.2, 0.25) is 0 Å². The first-order valence-corrected chi connectivity index (χ1v) is 9.98. The molecule has 132 valence electrons. The normalized spacial score (nSPS) is 14.4. The minimum absolute atomic E-state index is 0.148. The molecular formula is C17H25N3O2S2. The zero-order chi connectivity index (χ0) is 17.4. The van der Waals surface area contributed by atoms with E-state index in [0.717, 1.165) is 49.5 Å². The van der Waals surface area contributed by atoms with Gasteiger partial charge in [-0.3, -0.25) is 4.79 Å². The van der Waals surface area contributed by atoms with Gasteiger partial charge in [0, 0.05) is 25.2 Å². The maximum atomic E-state index is 12.2. The number of nitrogens with zero attached hydrogens (tertiary/aromatic N) is 1. The van der Waals surface area contributed by atoms with E-state index in [1.807, 2.05) is 34.9 Å². The Morgan fingerprint density at radius 2 is 2.25 bits per heavy atom. The van der Waals surface area contributed by atoms with Gasteiger partial charge in [-0.15, -0.1) is 0 Å². The fourth-order valence-electron chi connectivity index (χ4n) is 2.63. The van der Waals surface area contributed by atoms with Crippen molar-refractivity contribution in [2.24, 2.45) is 0 Å². The number of carbonyl (C=O) groups is 1. The van der Waals surface area contributed by atoms with Gasteiger partial charge < -0.3 is 20.3 Å². The Morgan fingerprint density at radius 1 is 1.42 bits per heavy atom. The van der Waals surface area contributed by atoms with E-state index < -0.39 is 0 Å². The highest BCUT2D eigenvalue weighted by Crippen LogP contribution is 2.33. The van der Waals surface area contributed by atoms with Crippen LogP contribution in [-0.2, 0) is 4.79 Å². The van der Waals surface area contributed by atoms with Crippen molar-refractivity contribution in [3.05, 3.63) is 18.2 Å². The van der Waals surface area contributed by atoms with Crippen LogP contribution < -0.4 is 20.3 Å². The third kappa shape index (κ3) is 5.27. The number of methoxy groups -OCH3 is 1. The summed E-state index contributed by atoms with van der Waals surface area (Å²) in [5.74, 6) is 1.96. The molecule has 2 rings (SSSR count). The van der Waals surface area contributed by atoms with E-state index >= 15 is 0 Å². The molecule has 5 nitrogen and oxygen atoms in total. The molecule has 0 bridgehead atoms.